The lowest BCUT2D eigenvalue weighted by Crippen LogP contribution is -2.30. The molecule has 0 radical (unpaired) electrons. The molecule has 3 nitrogen and oxygen atoms in total. The van der Waals surface area contributed by atoms with Crippen molar-refractivity contribution in [1.29, 1.82) is 0 Å². The van der Waals surface area contributed by atoms with Crippen LogP contribution < -0.4 is 5.32 Å². The lowest BCUT2D eigenvalue weighted by atomic mass is 10.1. The third-order valence-electron chi connectivity index (χ3n) is 2.01. The maximum Gasteiger partial charge on any atom is 0.471 e. The number of benzene rings is 1. The first-order chi connectivity index (χ1) is 7.80. The molecule has 0 fully saturated rings. The first-order valence-electron chi connectivity index (χ1n) is 4.91. The number of carbonyl (C=O) groups excluding carboxylic acids is 1. The third kappa shape index (κ3) is 4.07. The van der Waals surface area contributed by atoms with Crippen LogP contribution in [0.15, 0.2) is 24.3 Å². The molecule has 0 saturated heterocycles. The molecule has 0 heterocycles. The van der Waals surface area contributed by atoms with Gasteiger partial charge in [-0.05, 0) is 25.7 Å². The summed E-state index contributed by atoms with van der Waals surface area (Å²) < 4.78 is 36.3. The summed E-state index contributed by atoms with van der Waals surface area (Å²) in [6.45, 7) is 0.453. The van der Waals surface area contributed by atoms with Crippen LogP contribution in [0.1, 0.15) is 5.56 Å². The molecule has 1 aromatic carbocycles. The normalized spacial score (nSPS) is 11.6. The van der Waals surface area contributed by atoms with E-state index >= 15 is 0 Å². The van der Waals surface area contributed by atoms with Crippen molar-refractivity contribution in [3.8, 4) is 0 Å². The first kappa shape index (κ1) is 13.5. The Bertz CT molecular complexity index is 402. The lowest BCUT2D eigenvalue weighted by Gasteiger charge is -2.15. The summed E-state index contributed by atoms with van der Waals surface area (Å²) in [5.74, 6) is -1.95. The summed E-state index contributed by atoms with van der Waals surface area (Å²) in [6, 6.07) is 6.40. The Balaban J connectivity index is 2.87. The molecule has 0 atom stereocenters. The number of halogens is 3. The lowest BCUT2D eigenvalue weighted by molar-refractivity contribution is -0.167. The number of para-hydroxylation sites is 1. The Morgan fingerprint density at radius 1 is 1.29 bits per heavy atom. The second kappa shape index (κ2) is 5.18. The minimum Gasteiger partial charge on any atom is -0.318 e. The van der Waals surface area contributed by atoms with Gasteiger partial charge >= 0.3 is 12.1 Å². The highest BCUT2D eigenvalue weighted by molar-refractivity contribution is 5.95. The summed E-state index contributed by atoms with van der Waals surface area (Å²) in [7, 11) is 3.59. The Kier molecular flexibility index (Phi) is 4.11. The summed E-state index contributed by atoms with van der Waals surface area (Å²) in [6.07, 6.45) is -4.87. The summed E-state index contributed by atoms with van der Waals surface area (Å²) in [5, 5.41) is 1.87. The molecule has 0 spiro atoms. The van der Waals surface area contributed by atoms with E-state index in [2.05, 4.69) is 0 Å². The quantitative estimate of drug-likeness (QED) is 0.887. The number of hydrogen-bond donors (Lipinski definition) is 1. The fraction of sp³-hybridized carbons (Fsp3) is 0.364. The fourth-order valence-electron chi connectivity index (χ4n) is 1.31. The van der Waals surface area contributed by atoms with Crippen LogP contribution in [0.4, 0.5) is 18.9 Å². The fourth-order valence-corrected chi connectivity index (χ4v) is 1.31. The van der Waals surface area contributed by atoms with E-state index in [9.17, 15) is 18.0 Å². The summed E-state index contributed by atoms with van der Waals surface area (Å²) >= 11 is 0. The van der Waals surface area contributed by atoms with Crippen LogP contribution in [0.25, 0.3) is 0 Å². The van der Waals surface area contributed by atoms with Crippen LogP contribution in [0.2, 0.25) is 0 Å². The minimum absolute atomic E-state index is 0.184. The van der Waals surface area contributed by atoms with Crippen LogP contribution in [0.5, 0.6) is 0 Å². The van der Waals surface area contributed by atoms with Crippen molar-refractivity contribution >= 4 is 11.6 Å². The van der Waals surface area contributed by atoms with E-state index in [4.69, 9.17) is 0 Å². The maximum atomic E-state index is 12.1. The summed E-state index contributed by atoms with van der Waals surface area (Å²) in [4.78, 5) is 12.6. The molecule has 0 aromatic heterocycles. The smallest absolute Gasteiger partial charge is 0.318 e. The van der Waals surface area contributed by atoms with Gasteiger partial charge in [0.25, 0.3) is 0 Å². The van der Waals surface area contributed by atoms with Crippen molar-refractivity contribution in [2.75, 3.05) is 19.4 Å². The molecular formula is C11H13F3N2O. The van der Waals surface area contributed by atoms with Gasteiger partial charge in [0.1, 0.15) is 0 Å². The van der Waals surface area contributed by atoms with Crippen LogP contribution in [0.3, 0.4) is 0 Å². The number of nitrogens with one attached hydrogen (secondary N) is 1. The highest BCUT2D eigenvalue weighted by Gasteiger charge is 2.38. The number of nitrogens with zero attached hydrogens (tertiary/aromatic N) is 1. The SMILES string of the molecule is CN(C)Cc1ccccc1NC(=O)C(F)(F)F. The highest BCUT2D eigenvalue weighted by Crippen LogP contribution is 2.21. The molecule has 1 rings (SSSR count). The second-order valence-electron chi connectivity index (χ2n) is 3.85. The average Bonchev–Trinajstić information content (AvgIpc) is 2.18. The topological polar surface area (TPSA) is 32.3 Å². The predicted octanol–water partition coefficient (Wildman–Crippen LogP) is 2.25. The van der Waals surface area contributed by atoms with Gasteiger partial charge in [-0.1, -0.05) is 18.2 Å². The molecule has 0 aliphatic rings. The average molecular weight is 246 g/mol. The first-order valence-corrected chi connectivity index (χ1v) is 4.91. The Labute approximate surface area is 97.2 Å². The highest BCUT2D eigenvalue weighted by atomic mass is 19.4. The van der Waals surface area contributed by atoms with Crippen LogP contribution in [-0.4, -0.2) is 31.1 Å². The molecule has 17 heavy (non-hydrogen) atoms. The van der Waals surface area contributed by atoms with Crippen molar-refractivity contribution in [2.45, 2.75) is 12.7 Å². The van der Waals surface area contributed by atoms with E-state index in [-0.39, 0.29) is 5.69 Å². The number of carbonyl (C=O) groups is 1. The molecule has 0 aliphatic carbocycles. The monoisotopic (exact) mass is 246 g/mol. The van der Waals surface area contributed by atoms with Gasteiger partial charge < -0.3 is 10.2 Å². The number of hydrogen-bond acceptors (Lipinski definition) is 2. The molecule has 1 aromatic rings. The predicted molar refractivity (Wildman–Crippen MR) is 58.5 cm³/mol. The third-order valence-corrected chi connectivity index (χ3v) is 2.01. The van der Waals surface area contributed by atoms with E-state index in [1.54, 1.807) is 37.2 Å². The molecule has 0 bridgehead atoms. The van der Waals surface area contributed by atoms with E-state index in [0.717, 1.165) is 0 Å². The maximum absolute atomic E-state index is 12.1. The summed E-state index contributed by atoms with van der Waals surface area (Å²) in [5.41, 5.74) is 0.818. The van der Waals surface area contributed by atoms with Gasteiger partial charge in [0.15, 0.2) is 0 Å². The van der Waals surface area contributed by atoms with E-state index < -0.39 is 12.1 Å². The van der Waals surface area contributed by atoms with Crippen molar-refractivity contribution in [2.24, 2.45) is 0 Å². The van der Waals surface area contributed by atoms with E-state index in [1.165, 1.54) is 6.07 Å². The molecule has 94 valence electrons. The van der Waals surface area contributed by atoms with Gasteiger partial charge in [-0.25, -0.2) is 0 Å². The van der Waals surface area contributed by atoms with Crippen molar-refractivity contribution in [3.63, 3.8) is 0 Å². The van der Waals surface area contributed by atoms with Gasteiger partial charge in [0.2, 0.25) is 0 Å². The molecular weight excluding hydrogens is 233 g/mol. The number of alkyl halides is 3. The largest absolute Gasteiger partial charge is 0.471 e. The number of anilines is 1. The Morgan fingerprint density at radius 3 is 2.41 bits per heavy atom. The van der Waals surface area contributed by atoms with Gasteiger partial charge in [-0.2, -0.15) is 13.2 Å². The Morgan fingerprint density at radius 2 is 1.88 bits per heavy atom. The van der Waals surface area contributed by atoms with Crippen molar-refractivity contribution in [3.05, 3.63) is 29.8 Å². The van der Waals surface area contributed by atoms with Gasteiger partial charge in [0.05, 0.1) is 0 Å². The number of amides is 1. The second-order valence-corrected chi connectivity index (χ2v) is 3.85. The minimum atomic E-state index is -4.87. The number of rotatable bonds is 3. The molecule has 0 aliphatic heterocycles. The van der Waals surface area contributed by atoms with E-state index in [0.29, 0.717) is 12.1 Å². The molecule has 0 unspecified atom stereocenters. The zero-order valence-electron chi connectivity index (χ0n) is 9.51. The molecule has 1 N–H and O–H groups in total. The zero-order chi connectivity index (χ0) is 13.1. The molecule has 6 heteroatoms. The van der Waals surface area contributed by atoms with Crippen LogP contribution >= 0.6 is 0 Å². The standard InChI is InChI=1S/C11H13F3N2O/c1-16(2)7-8-5-3-4-6-9(8)15-10(17)11(12,13)14/h3-6H,7H2,1-2H3,(H,15,17). The van der Waals surface area contributed by atoms with Gasteiger partial charge in [0, 0.05) is 12.2 Å². The van der Waals surface area contributed by atoms with Crippen molar-refractivity contribution in [1.82, 2.24) is 4.90 Å². The Hall–Kier alpha value is -1.56. The molecule has 1 amide bonds. The zero-order valence-corrected chi connectivity index (χ0v) is 9.51. The van der Waals surface area contributed by atoms with Crippen LogP contribution in [0, 0.1) is 0 Å². The van der Waals surface area contributed by atoms with Crippen LogP contribution in [-0.2, 0) is 11.3 Å². The van der Waals surface area contributed by atoms with Gasteiger partial charge in [-0.3, -0.25) is 4.79 Å². The van der Waals surface area contributed by atoms with Crippen molar-refractivity contribution < 1.29 is 18.0 Å². The van der Waals surface area contributed by atoms with Gasteiger partial charge in [-0.15, -0.1) is 0 Å². The van der Waals surface area contributed by atoms with E-state index in [1.807, 2.05) is 5.32 Å². The molecule has 0 saturated carbocycles.